The van der Waals surface area contributed by atoms with Crippen LogP contribution in [-0.2, 0) is 11.4 Å². The minimum atomic E-state index is -0.736. The average molecular weight is 548 g/mol. The van der Waals surface area contributed by atoms with Crippen LogP contribution in [0, 0.1) is 23.0 Å². The molecule has 3 aromatic rings. The number of carbonyl (C=O) groups excluding carboxylic acids is 1. The van der Waals surface area contributed by atoms with Gasteiger partial charge in [0.05, 0.1) is 14.6 Å². The van der Waals surface area contributed by atoms with Crippen molar-refractivity contribution in [3.8, 4) is 11.8 Å². The molecule has 156 valence electrons. The number of hydrogen-bond acceptors (Lipinski definition) is 3. The third kappa shape index (κ3) is 5.78. The number of halogens is 4. The van der Waals surface area contributed by atoms with E-state index in [0.29, 0.717) is 25.8 Å². The molecule has 0 spiro atoms. The molecule has 4 nitrogen and oxygen atoms in total. The Morgan fingerprint density at radius 1 is 1.03 bits per heavy atom. The monoisotopic (exact) mass is 546 g/mol. The average Bonchev–Trinajstić information content (AvgIpc) is 2.74. The molecule has 1 N–H and O–H groups in total. The van der Waals surface area contributed by atoms with Gasteiger partial charge in [0, 0.05) is 5.56 Å². The fraction of sp³-hybridized carbons (Fsp3) is 0.0435. The quantitative estimate of drug-likeness (QED) is 0.279. The van der Waals surface area contributed by atoms with Gasteiger partial charge in [-0.2, -0.15) is 5.26 Å². The third-order valence-electron chi connectivity index (χ3n) is 4.15. The lowest BCUT2D eigenvalue weighted by molar-refractivity contribution is -0.112. The third-order valence-corrected chi connectivity index (χ3v) is 5.33. The van der Waals surface area contributed by atoms with Gasteiger partial charge in [-0.1, -0.05) is 30.3 Å². The van der Waals surface area contributed by atoms with Gasteiger partial charge >= 0.3 is 0 Å². The SMILES string of the molecule is N#C/C(=C/c1cc(Br)c(OCc2ccccc2F)c(Br)c1)C(=O)Nc1ccccc1F. The topological polar surface area (TPSA) is 62.1 Å². The summed E-state index contributed by atoms with van der Waals surface area (Å²) in [6, 6.07) is 17.1. The lowest BCUT2D eigenvalue weighted by Gasteiger charge is -2.12. The zero-order valence-electron chi connectivity index (χ0n) is 15.8. The number of nitrogens with zero attached hydrogens (tertiary/aromatic N) is 1. The minimum Gasteiger partial charge on any atom is -0.486 e. The summed E-state index contributed by atoms with van der Waals surface area (Å²) in [5.74, 6) is -1.27. The number of ether oxygens (including phenoxy) is 1. The summed E-state index contributed by atoms with van der Waals surface area (Å²) in [4.78, 5) is 12.4. The number of para-hydroxylation sites is 1. The minimum absolute atomic E-state index is 0.0205. The van der Waals surface area contributed by atoms with E-state index in [0.717, 1.165) is 0 Å². The van der Waals surface area contributed by atoms with E-state index < -0.39 is 11.7 Å². The van der Waals surface area contributed by atoms with Gasteiger partial charge in [-0.15, -0.1) is 0 Å². The molecular formula is C23H14Br2F2N2O2. The van der Waals surface area contributed by atoms with Crippen molar-refractivity contribution in [2.45, 2.75) is 6.61 Å². The molecule has 1 amide bonds. The van der Waals surface area contributed by atoms with Gasteiger partial charge in [-0.25, -0.2) is 8.78 Å². The first-order valence-electron chi connectivity index (χ1n) is 8.92. The van der Waals surface area contributed by atoms with Crippen LogP contribution < -0.4 is 10.1 Å². The highest BCUT2D eigenvalue weighted by atomic mass is 79.9. The molecule has 0 radical (unpaired) electrons. The lowest BCUT2D eigenvalue weighted by atomic mass is 10.1. The molecule has 0 saturated carbocycles. The molecule has 3 aromatic carbocycles. The van der Waals surface area contributed by atoms with Crippen molar-refractivity contribution >= 4 is 49.5 Å². The molecule has 0 saturated heterocycles. The highest BCUT2D eigenvalue weighted by Crippen LogP contribution is 2.36. The zero-order valence-corrected chi connectivity index (χ0v) is 19.0. The van der Waals surface area contributed by atoms with Crippen LogP contribution in [0.5, 0.6) is 5.75 Å². The summed E-state index contributed by atoms with van der Waals surface area (Å²) in [6.07, 6.45) is 1.37. The number of nitriles is 1. The van der Waals surface area contributed by atoms with E-state index in [9.17, 15) is 18.8 Å². The number of hydrogen-bond donors (Lipinski definition) is 1. The highest BCUT2D eigenvalue weighted by molar-refractivity contribution is 9.11. The molecule has 0 aliphatic rings. The van der Waals surface area contributed by atoms with Crippen molar-refractivity contribution < 1.29 is 18.3 Å². The maximum absolute atomic E-state index is 13.8. The summed E-state index contributed by atoms with van der Waals surface area (Å²) in [6.45, 7) is 0.0214. The molecule has 0 unspecified atom stereocenters. The molecule has 0 bridgehead atoms. The van der Waals surface area contributed by atoms with Gasteiger partial charge < -0.3 is 10.1 Å². The molecule has 0 aromatic heterocycles. The molecule has 8 heteroatoms. The number of amides is 1. The molecule has 0 aliphatic heterocycles. The Labute approximate surface area is 194 Å². The number of carbonyl (C=O) groups is 1. The number of nitrogens with one attached hydrogen (secondary N) is 1. The molecule has 0 heterocycles. The van der Waals surface area contributed by atoms with Crippen LogP contribution in [0.2, 0.25) is 0 Å². The van der Waals surface area contributed by atoms with Gasteiger partial charge in [0.15, 0.2) is 0 Å². The number of rotatable bonds is 6. The predicted octanol–water partition coefficient (Wildman–Crippen LogP) is 6.61. The lowest BCUT2D eigenvalue weighted by Crippen LogP contribution is -2.14. The van der Waals surface area contributed by atoms with Crippen LogP contribution in [0.3, 0.4) is 0 Å². The van der Waals surface area contributed by atoms with Crippen molar-refractivity contribution in [1.82, 2.24) is 0 Å². The second-order valence-corrected chi connectivity index (χ2v) is 8.01. The van der Waals surface area contributed by atoms with Crippen LogP contribution in [-0.4, -0.2) is 5.91 Å². The van der Waals surface area contributed by atoms with E-state index in [4.69, 9.17) is 4.74 Å². The predicted molar refractivity (Wildman–Crippen MR) is 121 cm³/mol. The molecule has 3 rings (SSSR count). The Morgan fingerprint density at radius 2 is 1.65 bits per heavy atom. The Bertz CT molecular complexity index is 1180. The van der Waals surface area contributed by atoms with E-state index in [1.165, 1.54) is 30.3 Å². The van der Waals surface area contributed by atoms with E-state index in [1.807, 2.05) is 6.07 Å². The first-order chi connectivity index (χ1) is 14.9. The normalized spacial score (nSPS) is 11.0. The van der Waals surface area contributed by atoms with Crippen LogP contribution in [0.1, 0.15) is 11.1 Å². The van der Waals surface area contributed by atoms with Crippen LogP contribution >= 0.6 is 31.9 Å². The van der Waals surface area contributed by atoms with E-state index >= 15 is 0 Å². The first kappa shape index (κ1) is 22.7. The van der Waals surface area contributed by atoms with E-state index in [-0.39, 0.29) is 23.7 Å². The van der Waals surface area contributed by atoms with Crippen LogP contribution in [0.4, 0.5) is 14.5 Å². The van der Waals surface area contributed by atoms with Gasteiger partial charge in [-0.3, -0.25) is 4.79 Å². The summed E-state index contributed by atoms with van der Waals surface area (Å²) >= 11 is 6.78. The molecule has 0 fully saturated rings. The van der Waals surface area contributed by atoms with Crippen molar-refractivity contribution in [2.24, 2.45) is 0 Å². The van der Waals surface area contributed by atoms with Crippen molar-refractivity contribution in [1.29, 1.82) is 5.26 Å². The standard InChI is InChI=1S/C23H14Br2F2N2O2/c24-17-10-14(9-16(12-28)23(30)29-21-8-4-3-7-20(21)27)11-18(25)22(17)31-13-15-5-1-2-6-19(15)26/h1-11H,13H2,(H,29,30)/b16-9-. The first-order valence-corrected chi connectivity index (χ1v) is 10.5. The summed E-state index contributed by atoms with van der Waals surface area (Å²) in [5, 5.41) is 11.8. The van der Waals surface area contributed by atoms with Crippen molar-refractivity contribution in [3.63, 3.8) is 0 Å². The van der Waals surface area contributed by atoms with Crippen molar-refractivity contribution in [2.75, 3.05) is 5.32 Å². The van der Waals surface area contributed by atoms with E-state index in [2.05, 4.69) is 37.2 Å². The highest BCUT2D eigenvalue weighted by Gasteiger charge is 2.14. The number of benzene rings is 3. The fourth-order valence-corrected chi connectivity index (χ4v) is 4.08. The van der Waals surface area contributed by atoms with Crippen molar-refractivity contribution in [3.05, 3.63) is 97.9 Å². The smallest absolute Gasteiger partial charge is 0.266 e. The maximum atomic E-state index is 13.8. The maximum Gasteiger partial charge on any atom is 0.266 e. The summed E-state index contributed by atoms with van der Waals surface area (Å²) < 4.78 is 34.3. The molecule has 0 atom stereocenters. The van der Waals surface area contributed by atoms with E-state index in [1.54, 1.807) is 36.4 Å². The van der Waals surface area contributed by atoms with Gasteiger partial charge in [0.25, 0.3) is 5.91 Å². The Kier molecular flexibility index (Phi) is 7.55. The zero-order chi connectivity index (χ0) is 22.4. The molecular weight excluding hydrogens is 534 g/mol. The fourth-order valence-electron chi connectivity index (χ4n) is 2.63. The van der Waals surface area contributed by atoms with Gasteiger partial charge in [0.1, 0.15) is 35.6 Å². The summed E-state index contributed by atoms with van der Waals surface area (Å²) in [7, 11) is 0. The van der Waals surface area contributed by atoms with Gasteiger partial charge in [-0.05, 0) is 73.8 Å². The number of anilines is 1. The second-order valence-electron chi connectivity index (χ2n) is 6.30. The largest absolute Gasteiger partial charge is 0.486 e. The Hall–Kier alpha value is -3.02. The Morgan fingerprint density at radius 3 is 2.26 bits per heavy atom. The second kappa shape index (κ2) is 10.3. The molecule has 31 heavy (non-hydrogen) atoms. The molecule has 0 aliphatic carbocycles. The summed E-state index contributed by atoms with van der Waals surface area (Å²) in [5.41, 5.74) is 0.703. The van der Waals surface area contributed by atoms with Crippen LogP contribution in [0.25, 0.3) is 6.08 Å². The van der Waals surface area contributed by atoms with Crippen LogP contribution in [0.15, 0.2) is 75.2 Å². The Balaban J connectivity index is 1.80. The van der Waals surface area contributed by atoms with Gasteiger partial charge in [0.2, 0.25) is 0 Å².